The zero-order chi connectivity index (χ0) is 13.9. The van der Waals surface area contributed by atoms with Gasteiger partial charge >= 0.3 is 0 Å². The Balaban J connectivity index is 2.70. The Labute approximate surface area is 110 Å². The summed E-state index contributed by atoms with van der Waals surface area (Å²) < 4.78 is 0. The highest BCUT2D eigenvalue weighted by Crippen LogP contribution is 2.37. The van der Waals surface area contributed by atoms with Crippen molar-refractivity contribution in [2.75, 3.05) is 6.54 Å². The van der Waals surface area contributed by atoms with Gasteiger partial charge in [-0.1, -0.05) is 33.6 Å². The highest BCUT2D eigenvalue weighted by atomic mass is 16.3. The molecule has 4 atom stereocenters. The number of carbonyl (C=O) groups excluding carboxylic acids is 1. The molecule has 0 bridgehead atoms. The van der Waals surface area contributed by atoms with Crippen molar-refractivity contribution in [2.24, 2.45) is 17.3 Å². The van der Waals surface area contributed by atoms with Gasteiger partial charge in [-0.25, -0.2) is 0 Å². The van der Waals surface area contributed by atoms with E-state index in [9.17, 15) is 9.90 Å². The number of carbonyl (C=O) groups is 1. The predicted molar refractivity (Wildman–Crippen MR) is 73.0 cm³/mol. The number of aliphatic hydroxyl groups excluding tert-OH is 1. The smallest absolute Gasteiger partial charge is 0.153 e. The van der Waals surface area contributed by atoms with E-state index in [1.54, 1.807) is 6.92 Å². The van der Waals surface area contributed by atoms with Gasteiger partial charge in [0.15, 0.2) is 5.78 Å². The van der Waals surface area contributed by atoms with Gasteiger partial charge < -0.3 is 5.11 Å². The van der Waals surface area contributed by atoms with Crippen LogP contribution < -0.4 is 5.32 Å². The summed E-state index contributed by atoms with van der Waals surface area (Å²) in [6.45, 7) is 10.4. The van der Waals surface area contributed by atoms with Gasteiger partial charge in [0.05, 0.1) is 18.7 Å². The Kier molecular flexibility index (Phi) is 4.95. The third kappa shape index (κ3) is 3.34. The summed E-state index contributed by atoms with van der Waals surface area (Å²) in [5.41, 5.74) is -0.132. The van der Waals surface area contributed by atoms with E-state index in [1.165, 1.54) is 0 Å². The zero-order valence-corrected chi connectivity index (χ0v) is 12.1. The topological polar surface area (TPSA) is 49.3 Å². The molecule has 2 N–H and O–H groups in total. The number of hydrogen-bond acceptors (Lipinski definition) is 3. The summed E-state index contributed by atoms with van der Waals surface area (Å²) in [4.78, 5) is 12.5. The fraction of sp³-hybridized carbons (Fsp3) is 0.800. The number of nitrogens with one attached hydrogen (secondary N) is 1. The molecule has 0 aromatic heterocycles. The summed E-state index contributed by atoms with van der Waals surface area (Å²) in [5.74, 6) is 6.06. The second-order valence-corrected chi connectivity index (χ2v) is 6.28. The molecular weight excluding hydrogens is 226 g/mol. The van der Waals surface area contributed by atoms with Gasteiger partial charge in [-0.3, -0.25) is 10.1 Å². The largest absolute Gasteiger partial charge is 0.393 e. The molecule has 0 saturated heterocycles. The van der Waals surface area contributed by atoms with Crippen molar-refractivity contribution < 1.29 is 9.90 Å². The molecular formula is C15H25NO2. The summed E-state index contributed by atoms with van der Waals surface area (Å²) in [5, 5.41) is 12.8. The van der Waals surface area contributed by atoms with Crippen LogP contribution in [-0.4, -0.2) is 29.6 Å². The lowest BCUT2D eigenvalue weighted by molar-refractivity contribution is -0.139. The molecule has 0 aromatic rings. The molecule has 102 valence electrons. The molecule has 0 radical (unpaired) electrons. The van der Waals surface area contributed by atoms with Gasteiger partial charge in [-0.2, -0.15) is 0 Å². The highest BCUT2D eigenvalue weighted by molar-refractivity contribution is 5.88. The standard InChI is InChI=1S/C15H25NO2/c1-6-7-8-16-14(15(3,4)5)13(18)11-9-12(17)10(11)2/h10-12,14,16-17H,8-9H2,1-5H3/t10?,11?,12-,14+/m0/s1. The van der Waals surface area contributed by atoms with Crippen molar-refractivity contribution in [3.63, 3.8) is 0 Å². The van der Waals surface area contributed by atoms with Gasteiger partial charge in [0, 0.05) is 5.92 Å². The maximum absolute atomic E-state index is 12.5. The maximum Gasteiger partial charge on any atom is 0.153 e. The van der Waals surface area contributed by atoms with Crippen LogP contribution in [0.15, 0.2) is 0 Å². The molecule has 3 nitrogen and oxygen atoms in total. The van der Waals surface area contributed by atoms with Crippen LogP contribution in [0.5, 0.6) is 0 Å². The second-order valence-electron chi connectivity index (χ2n) is 6.28. The first-order valence-corrected chi connectivity index (χ1v) is 6.63. The van der Waals surface area contributed by atoms with Crippen molar-refractivity contribution in [2.45, 2.75) is 53.2 Å². The number of rotatable bonds is 4. The van der Waals surface area contributed by atoms with Crippen molar-refractivity contribution >= 4 is 5.78 Å². The van der Waals surface area contributed by atoms with Crippen LogP contribution in [0.25, 0.3) is 0 Å². The molecule has 1 aliphatic rings. The molecule has 1 rings (SSSR count). The van der Waals surface area contributed by atoms with Gasteiger partial charge in [0.25, 0.3) is 0 Å². The van der Waals surface area contributed by atoms with Crippen LogP contribution >= 0.6 is 0 Å². The van der Waals surface area contributed by atoms with Crippen LogP contribution in [0.2, 0.25) is 0 Å². The van der Waals surface area contributed by atoms with E-state index in [0.717, 1.165) is 0 Å². The molecule has 1 saturated carbocycles. The third-order valence-electron chi connectivity index (χ3n) is 3.82. The van der Waals surface area contributed by atoms with Crippen molar-refractivity contribution in [3.05, 3.63) is 0 Å². The molecule has 1 fully saturated rings. The van der Waals surface area contributed by atoms with Crippen LogP contribution in [0.4, 0.5) is 0 Å². The van der Waals surface area contributed by atoms with Crippen LogP contribution in [0, 0.1) is 29.1 Å². The van der Waals surface area contributed by atoms with E-state index in [4.69, 9.17) is 0 Å². The fourth-order valence-corrected chi connectivity index (χ4v) is 2.43. The molecule has 0 aliphatic heterocycles. The quantitative estimate of drug-likeness (QED) is 0.746. The molecule has 0 heterocycles. The Morgan fingerprint density at radius 3 is 2.50 bits per heavy atom. The minimum absolute atomic E-state index is 0.00805. The summed E-state index contributed by atoms with van der Waals surface area (Å²) in [7, 11) is 0. The number of hydrogen-bond donors (Lipinski definition) is 2. The summed E-state index contributed by atoms with van der Waals surface area (Å²) in [6, 6.07) is -0.196. The highest BCUT2D eigenvalue weighted by Gasteiger charge is 2.45. The lowest BCUT2D eigenvalue weighted by atomic mass is 9.66. The number of Topliss-reactive ketones (excluding diaryl/α,β-unsaturated/α-hetero) is 1. The first-order chi connectivity index (χ1) is 8.29. The Hall–Kier alpha value is -0.850. The zero-order valence-electron chi connectivity index (χ0n) is 12.1. The molecule has 3 heteroatoms. The average Bonchev–Trinajstić information content (AvgIpc) is 2.28. The van der Waals surface area contributed by atoms with E-state index in [1.807, 2.05) is 6.92 Å². The van der Waals surface area contributed by atoms with Gasteiger partial charge in [-0.05, 0) is 24.7 Å². The lowest BCUT2D eigenvalue weighted by Gasteiger charge is -2.42. The van der Waals surface area contributed by atoms with E-state index in [2.05, 4.69) is 37.9 Å². The van der Waals surface area contributed by atoms with Crippen LogP contribution in [0.3, 0.4) is 0 Å². The molecule has 1 aliphatic carbocycles. The molecule has 0 amide bonds. The lowest BCUT2D eigenvalue weighted by Crippen LogP contribution is -2.55. The van der Waals surface area contributed by atoms with E-state index in [-0.39, 0.29) is 35.2 Å². The Bertz CT molecular complexity index is 359. The molecule has 2 unspecified atom stereocenters. The van der Waals surface area contributed by atoms with Gasteiger partial charge in [0.2, 0.25) is 0 Å². The number of ketones is 1. The fourth-order valence-electron chi connectivity index (χ4n) is 2.43. The van der Waals surface area contributed by atoms with Crippen LogP contribution in [-0.2, 0) is 4.79 Å². The first kappa shape index (κ1) is 15.2. The van der Waals surface area contributed by atoms with E-state index >= 15 is 0 Å². The Morgan fingerprint density at radius 2 is 2.11 bits per heavy atom. The normalized spacial score (nSPS) is 28.9. The predicted octanol–water partition coefficient (Wildman–Crippen LogP) is 1.60. The SMILES string of the molecule is CC#CCN[C@H](C(=O)C1C[C@H](O)C1C)C(C)(C)C. The first-order valence-electron chi connectivity index (χ1n) is 6.63. The minimum Gasteiger partial charge on any atom is -0.393 e. The van der Waals surface area contributed by atoms with Crippen molar-refractivity contribution in [1.29, 1.82) is 0 Å². The monoisotopic (exact) mass is 251 g/mol. The summed E-state index contributed by atoms with van der Waals surface area (Å²) >= 11 is 0. The molecule has 0 aromatic carbocycles. The van der Waals surface area contributed by atoms with E-state index in [0.29, 0.717) is 13.0 Å². The van der Waals surface area contributed by atoms with Crippen LogP contribution in [0.1, 0.15) is 41.0 Å². The minimum atomic E-state index is -0.310. The average molecular weight is 251 g/mol. The third-order valence-corrected chi connectivity index (χ3v) is 3.82. The second kappa shape index (κ2) is 5.86. The molecule has 0 spiro atoms. The summed E-state index contributed by atoms with van der Waals surface area (Å²) in [6.07, 6.45) is 0.295. The van der Waals surface area contributed by atoms with Gasteiger partial charge in [0.1, 0.15) is 0 Å². The molecule has 18 heavy (non-hydrogen) atoms. The van der Waals surface area contributed by atoms with Crippen molar-refractivity contribution in [3.8, 4) is 11.8 Å². The van der Waals surface area contributed by atoms with E-state index < -0.39 is 0 Å². The van der Waals surface area contributed by atoms with Crippen molar-refractivity contribution in [1.82, 2.24) is 5.32 Å². The Morgan fingerprint density at radius 1 is 1.50 bits per heavy atom. The van der Waals surface area contributed by atoms with Gasteiger partial charge in [-0.15, -0.1) is 5.92 Å². The maximum atomic E-state index is 12.5. The number of aliphatic hydroxyl groups is 1.